The van der Waals surface area contributed by atoms with E-state index in [-0.39, 0.29) is 5.92 Å². The van der Waals surface area contributed by atoms with Gasteiger partial charge in [0.05, 0.1) is 11.3 Å². The number of aryl methyl sites for hydroxylation is 1. The van der Waals surface area contributed by atoms with Gasteiger partial charge in [-0.3, -0.25) is 4.79 Å². The third-order valence-electron chi connectivity index (χ3n) is 3.78. The zero-order valence-electron chi connectivity index (χ0n) is 11.4. The number of thiophene rings is 1. The van der Waals surface area contributed by atoms with Gasteiger partial charge in [0.15, 0.2) is 0 Å². The largest absolute Gasteiger partial charge is 0.481 e. The van der Waals surface area contributed by atoms with Crippen molar-refractivity contribution >= 4 is 33.3 Å². The predicted octanol–water partition coefficient (Wildman–Crippen LogP) is 2.55. The molecule has 5 nitrogen and oxygen atoms in total. The lowest BCUT2D eigenvalue weighted by Gasteiger charge is -2.31. The van der Waals surface area contributed by atoms with Crippen molar-refractivity contribution < 1.29 is 9.90 Å². The number of aromatic nitrogens is 2. The zero-order chi connectivity index (χ0) is 14.1. The average Bonchev–Trinajstić information content (AvgIpc) is 2.90. The van der Waals surface area contributed by atoms with Crippen LogP contribution in [0.3, 0.4) is 0 Å². The van der Waals surface area contributed by atoms with Crippen molar-refractivity contribution in [1.29, 1.82) is 0 Å². The molecule has 1 atom stereocenters. The number of anilines is 1. The van der Waals surface area contributed by atoms with E-state index in [1.807, 2.05) is 0 Å². The first-order valence-corrected chi connectivity index (χ1v) is 7.72. The molecule has 106 valence electrons. The lowest BCUT2D eigenvalue weighted by Crippen LogP contribution is -2.39. The summed E-state index contributed by atoms with van der Waals surface area (Å²) in [6, 6.07) is 2.14. The maximum Gasteiger partial charge on any atom is 0.308 e. The van der Waals surface area contributed by atoms with E-state index in [0.29, 0.717) is 6.54 Å². The van der Waals surface area contributed by atoms with Crippen LogP contribution in [0.5, 0.6) is 0 Å². The zero-order valence-corrected chi connectivity index (χ0v) is 12.2. The molecule has 2 aromatic heterocycles. The average molecular weight is 291 g/mol. The Kier molecular flexibility index (Phi) is 3.56. The molecule has 1 saturated heterocycles. The molecule has 0 radical (unpaired) electrons. The molecule has 0 bridgehead atoms. The van der Waals surface area contributed by atoms with Crippen molar-refractivity contribution in [3.8, 4) is 0 Å². The molecule has 0 amide bonds. The van der Waals surface area contributed by atoms with Crippen LogP contribution < -0.4 is 4.90 Å². The van der Waals surface area contributed by atoms with Crippen LogP contribution in [-0.4, -0.2) is 34.1 Å². The van der Waals surface area contributed by atoms with Crippen LogP contribution in [0.2, 0.25) is 0 Å². The van der Waals surface area contributed by atoms with Gasteiger partial charge in [0.1, 0.15) is 17.0 Å². The van der Waals surface area contributed by atoms with E-state index in [1.165, 1.54) is 4.88 Å². The van der Waals surface area contributed by atoms with Gasteiger partial charge in [-0.15, -0.1) is 11.3 Å². The first-order chi connectivity index (χ1) is 9.69. The Morgan fingerprint density at radius 3 is 3.15 bits per heavy atom. The Labute approximate surface area is 121 Å². The second-order valence-electron chi connectivity index (χ2n) is 5.11. The van der Waals surface area contributed by atoms with E-state index in [0.717, 1.165) is 41.8 Å². The van der Waals surface area contributed by atoms with Gasteiger partial charge in [0.2, 0.25) is 0 Å². The van der Waals surface area contributed by atoms with Gasteiger partial charge >= 0.3 is 5.97 Å². The number of nitrogens with zero attached hydrogens (tertiary/aromatic N) is 3. The number of piperidine rings is 1. The van der Waals surface area contributed by atoms with Gasteiger partial charge in [-0.25, -0.2) is 9.97 Å². The number of hydrogen-bond acceptors (Lipinski definition) is 5. The van der Waals surface area contributed by atoms with Crippen LogP contribution in [0.1, 0.15) is 24.6 Å². The third-order valence-corrected chi connectivity index (χ3v) is 4.97. The monoisotopic (exact) mass is 291 g/mol. The smallest absolute Gasteiger partial charge is 0.308 e. The van der Waals surface area contributed by atoms with Crippen LogP contribution >= 0.6 is 11.3 Å². The van der Waals surface area contributed by atoms with E-state index in [2.05, 4.69) is 27.9 Å². The van der Waals surface area contributed by atoms with Crippen molar-refractivity contribution in [1.82, 2.24) is 9.97 Å². The molecule has 1 aliphatic heterocycles. The minimum absolute atomic E-state index is 0.293. The van der Waals surface area contributed by atoms with Gasteiger partial charge in [0.25, 0.3) is 0 Å². The first kappa shape index (κ1) is 13.3. The van der Waals surface area contributed by atoms with E-state index in [1.54, 1.807) is 17.7 Å². The number of rotatable bonds is 3. The van der Waals surface area contributed by atoms with Crippen molar-refractivity contribution in [2.24, 2.45) is 5.92 Å². The van der Waals surface area contributed by atoms with Crippen LogP contribution in [0.25, 0.3) is 10.2 Å². The number of carbonyl (C=O) groups is 1. The maximum absolute atomic E-state index is 11.2. The Morgan fingerprint density at radius 1 is 1.55 bits per heavy atom. The van der Waals surface area contributed by atoms with Crippen molar-refractivity contribution in [3.05, 3.63) is 17.3 Å². The number of hydrogen-bond donors (Lipinski definition) is 1. The molecule has 1 N–H and O–H groups in total. The predicted molar refractivity (Wildman–Crippen MR) is 79.4 cm³/mol. The van der Waals surface area contributed by atoms with Gasteiger partial charge in [-0.2, -0.15) is 0 Å². The molecule has 20 heavy (non-hydrogen) atoms. The Bertz CT molecular complexity index is 640. The fourth-order valence-corrected chi connectivity index (χ4v) is 3.62. The molecule has 6 heteroatoms. The van der Waals surface area contributed by atoms with E-state index >= 15 is 0 Å². The fourth-order valence-electron chi connectivity index (χ4n) is 2.69. The quantitative estimate of drug-likeness (QED) is 0.941. The van der Waals surface area contributed by atoms with Crippen LogP contribution in [0, 0.1) is 5.92 Å². The summed E-state index contributed by atoms with van der Waals surface area (Å²) >= 11 is 1.69. The summed E-state index contributed by atoms with van der Waals surface area (Å²) < 4.78 is 0. The molecule has 1 aliphatic rings. The van der Waals surface area contributed by atoms with Crippen molar-refractivity contribution in [3.63, 3.8) is 0 Å². The maximum atomic E-state index is 11.2. The highest BCUT2D eigenvalue weighted by molar-refractivity contribution is 7.18. The van der Waals surface area contributed by atoms with E-state index in [9.17, 15) is 9.90 Å². The summed E-state index contributed by atoms with van der Waals surface area (Å²) in [6.07, 6.45) is 4.22. The van der Waals surface area contributed by atoms with Crippen LogP contribution in [-0.2, 0) is 11.2 Å². The molecule has 1 fully saturated rings. The standard InChI is InChI=1S/C14H17N3O2S/c1-2-10-6-11-12(15-8-16-13(11)20-10)17-5-3-4-9(7-17)14(18)19/h6,8-9H,2-5,7H2,1H3,(H,18,19)/t9-/m0/s1. The van der Waals surface area contributed by atoms with Crippen molar-refractivity contribution in [2.75, 3.05) is 18.0 Å². The Balaban J connectivity index is 1.96. The molecular weight excluding hydrogens is 274 g/mol. The summed E-state index contributed by atoms with van der Waals surface area (Å²) in [5.74, 6) is -0.116. The van der Waals surface area contributed by atoms with Gasteiger partial charge in [-0.05, 0) is 25.3 Å². The van der Waals surface area contributed by atoms with Crippen LogP contribution in [0.4, 0.5) is 5.82 Å². The summed E-state index contributed by atoms with van der Waals surface area (Å²) in [4.78, 5) is 24.3. The van der Waals surface area contributed by atoms with E-state index < -0.39 is 5.97 Å². The molecule has 3 rings (SSSR count). The number of aliphatic carboxylic acids is 1. The second-order valence-corrected chi connectivity index (χ2v) is 6.22. The van der Waals surface area contributed by atoms with Crippen molar-refractivity contribution in [2.45, 2.75) is 26.2 Å². The SMILES string of the molecule is CCc1cc2c(N3CCC[C@H](C(=O)O)C3)ncnc2s1. The van der Waals surface area contributed by atoms with Gasteiger partial charge in [0, 0.05) is 18.0 Å². The highest BCUT2D eigenvalue weighted by Crippen LogP contribution is 2.32. The van der Waals surface area contributed by atoms with Gasteiger partial charge < -0.3 is 10.0 Å². The highest BCUT2D eigenvalue weighted by Gasteiger charge is 2.27. The van der Waals surface area contributed by atoms with Crippen LogP contribution in [0.15, 0.2) is 12.4 Å². The summed E-state index contributed by atoms with van der Waals surface area (Å²) in [5, 5.41) is 10.3. The normalized spacial score (nSPS) is 19.4. The first-order valence-electron chi connectivity index (χ1n) is 6.90. The molecule has 0 unspecified atom stereocenters. The molecule has 0 saturated carbocycles. The third kappa shape index (κ3) is 2.35. The number of carboxylic acids is 1. The molecule has 3 heterocycles. The fraction of sp³-hybridized carbons (Fsp3) is 0.500. The molecule has 0 aliphatic carbocycles. The lowest BCUT2D eigenvalue weighted by atomic mass is 9.98. The molecule has 2 aromatic rings. The number of carboxylic acid groups (broad SMARTS) is 1. The van der Waals surface area contributed by atoms with E-state index in [4.69, 9.17) is 0 Å². The summed E-state index contributed by atoms with van der Waals surface area (Å²) in [7, 11) is 0. The molecule has 0 aromatic carbocycles. The molecule has 0 spiro atoms. The minimum atomic E-state index is -0.709. The van der Waals surface area contributed by atoms with Gasteiger partial charge in [-0.1, -0.05) is 6.92 Å². The topological polar surface area (TPSA) is 66.3 Å². The Morgan fingerprint density at radius 2 is 2.40 bits per heavy atom. The summed E-state index contributed by atoms with van der Waals surface area (Å²) in [6.45, 7) is 3.53. The minimum Gasteiger partial charge on any atom is -0.481 e. The second kappa shape index (κ2) is 5.36. The number of fused-ring (bicyclic) bond motifs is 1. The lowest BCUT2D eigenvalue weighted by molar-refractivity contribution is -0.141. The highest BCUT2D eigenvalue weighted by atomic mass is 32.1. The summed E-state index contributed by atoms with van der Waals surface area (Å²) in [5.41, 5.74) is 0. The Hall–Kier alpha value is -1.69. The molecular formula is C14H17N3O2S.